The molecule has 0 aromatic heterocycles. The number of benzene rings is 2. The molecule has 1 aliphatic carbocycles. The number of rotatable bonds is 4. The van der Waals surface area contributed by atoms with Crippen molar-refractivity contribution in [3.05, 3.63) is 58.4 Å². The van der Waals surface area contributed by atoms with Crippen molar-refractivity contribution in [3.63, 3.8) is 0 Å². The predicted molar refractivity (Wildman–Crippen MR) is 84.0 cm³/mol. The summed E-state index contributed by atoms with van der Waals surface area (Å²) in [6.45, 7) is -0.154. The van der Waals surface area contributed by atoms with Crippen molar-refractivity contribution in [1.29, 1.82) is 0 Å². The molecular weight excluding hydrogens is 305 g/mol. The van der Waals surface area contributed by atoms with Gasteiger partial charge in [-0.2, -0.15) is 0 Å². The van der Waals surface area contributed by atoms with Gasteiger partial charge in [0, 0.05) is 11.8 Å². The van der Waals surface area contributed by atoms with E-state index in [4.69, 9.17) is 16.3 Å². The predicted octanol–water partition coefficient (Wildman–Crippen LogP) is 3.99. The molecule has 0 radical (unpaired) electrons. The molecule has 3 nitrogen and oxygen atoms in total. The molecular formula is C17H15ClFNO2. The third kappa shape index (κ3) is 3.39. The van der Waals surface area contributed by atoms with E-state index in [1.807, 2.05) is 12.1 Å². The van der Waals surface area contributed by atoms with Crippen LogP contribution in [-0.4, -0.2) is 12.5 Å². The van der Waals surface area contributed by atoms with Crippen LogP contribution in [0.15, 0.2) is 36.4 Å². The highest BCUT2D eigenvalue weighted by atomic mass is 35.5. The number of hydrogen-bond donors (Lipinski definition) is 1. The molecule has 0 heterocycles. The number of hydrogen-bond acceptors (Lipinski definition) is 2. The molecule has 2 aromatic rings. The molecule has 22 heavy (non-hydrogen) atoms. The molecule has 1 amide bonds. The summed E-state index contributed by atoms with van der Waals surface area (Å²) in [4.78, 5) is 11.9. The molecule has 2 aromatic carbocycles. The fourth-order valence-electron chi connectivity index (χ4n) is 2.56. The fraction of sp³-hybridized carbons (Fsp3) is 0.235. The fourth-order valence-corrected chi connectivity index (χ4v) is 2.73. The second kappa shape index (κ2) is 6.36. The SMILES string of the molecule is O=C(COc1ccc(F)c(Cl)c1)Nc1ccc2c(c1)CCC2. The van der Waals surface area contributed by atoms with E-state index in [1.54, 1.807) is 0 Å². The topological polar surface area (TPSA) is 38.3 Å². The Bertz CT molecular complexity index is 718. The van der Waals surface area contributed by atoms with Crippen molar-refractivity contribution >= 4 is 23.2 Å². The maximum atomic E-state index is 13.0. The van der Waals surface area contributed by atoms with Gasteiger partial charge in [-0.3, -0.25) is 4.79 Å². The van der Waals surface area contributed by atoms with Gasteiger partial charge in [0.15, 0.2) is 6.61 Å². The lowest BCUT2D eigenvalue weighted by Gasteiger charge is -2.09. The van der Waals surface area contributed by atoms with Gasteiger partial charge in [-0.05, 0) is 54.7 Å². The minimum absolute atomic E-state index is 0.0310. The Morgan fingerprint density at radius 2 is 2.00 bits per heavy atom. The summed E-state index contributed by atoms with van der Waals surface area (Å²) in [5, 5.41) is 2.77. The molecule has 0 fully saturated rings. The lowest BCUT2D eigenvalue weighted by atomic mass is 10.1. The second-order valence-electron chi connectivity index (χ2n) is 5.25. The number of nitrogens with one attached hydrogen (secondary N) is 1. The molecule has 1 aliphatic rings. The molecule has 5 heteroatoms. The monoisotopic (exact) mass is 319 g/mol. The number of ether oxygens (including phenoxy) is 1. The Morgan fingerprint density at radius 1 is 1.18 bits per heavy atom. The maximum absolute atomic E-state index is 13.0. The van der Waals surface area contributed by atoms with Gasteiger partial charge in [-0.25, -0.2) is 4.39 Å². The summed E-state index contributed by atoms with van der Waals surface area (Å²) in [6.07, 6.45) is 3.34. The van der Waals surface area contributed by atoms with Crippen LogP contribution in [0.4, 0.5) is 10.1 Å². The number of halogens is 2. The lowest BCUT2D eigenvalue weighted by Crippen LogP contribution is -2.20. The highest BCUT2D eigenvalue weighted by Gasteiger charge is 2.12. The van der Waals surface area contributed by atoms with Crippen LogP contribution in [-0.2, 0) is 17.6 Å². The van der Waals surface area contributed by atoms with Crippen LogP contribution in [0.25, 0.3) is 0 Å². The zero-order valence-electron chi connectivity index (χ0n) is 11.9. The van der Waals surface area contributed by atoms with E-state index in [1.165, 1.54) is 35.7 Å². The Morgan fingerprint density at radius 3 is 2.82 bits per heavy atom. The summed E-state index contributed by atoms with van der Waals surface area (Å²) >= 11 is 5.66. The quantitative estimate of drug-likeness (QED) is 0.925. The minimum Gasteiger partial charge on any atom is -0.484 e. The van der Waals surface area contributed by atoms with E-state index in [9.17, 15) is 9.18 Å². The zero-order chi connectivity index (χ0) is 15.5. The van der Waals surface area contributed by atoms with E-state index in [2.05, 4.69) is 11.4 Å². The molecule has 0 saturated heterocycles. The van der Waals surface area contributed by atoms with Crippen molar-refractivity contribution in [2.45, 2.75) is 19.3 Å². The normalized spacial score (nSPS) is 12.8. The van der Waals surface area contributed by atoms with Crippen LogP contribution in [0.2, 0.25) is 5.02 Å². The first-order chi connectivity index (χ1) is 10.6. The molecule has 0 unspecified atom stereocenters. The van der Waals surface area contributed by atoms with E-state index in [0.29, 0.717) is 5.75 Å². The number of carbonyl (C=O) groups is 1. The maximum Gasteiger partial charge on any atom is 0.262 e. The number of fused-ring (bicyclic) bond motifs is 1. The molecule has 0 bridgehead atoms. The van der Waals surface area contributed by atoms with E-state index in [0.717, 1.165) is 18.5 Å². The number of carbonyl (C=O) groups excluding carboxylic acids is 1. The van der Waals surface area contributed by atoms with Gasteiger partial charge in [0.2, 0.25) is 0 Å². The van der Waals surface area contributed by atoms with E-state index < -0.39 is 5.82 Å². The Kier molecular flexibility index (Phi) is 4.29. The number of aryl methyl sites for hydroxylation is 2. The second-order valence-corrected chi connectivity index (χ2v) is 5.66. The van der Waals surface area contributed by atoms with Crippen molar-refractivity contribution in [2.24, 2.45) is 0 Å². The lowest BCUT2D eigenvalue weighted by molar-refractivity contribution is -0.118. The number of amides is 1. The van der Waals surface area contributed by atoms with Crippen LogP contribution in [0.1, 0.15) is 17.5 Å². The third-order valence-corrected chi connectivity index (χ3v) is 3.93. The van der Waals surface area contributed by atoms with Crippen molar-refractivity contribution in [1.82, 2.24) is 0 Å². The van der Waals surface area contributed by atoms with Gasteiger partial charge in [0.25, 0.3) is 5.91 Å². The number of anilines is 1. The third-order valence-electron chi connectivity index (χ3n) is 3.64. The molecule has 0 spiro atoms. The molecule has 114 valence electrons. The first kappa shape index (κ1) is 14.9. The average molecular weight is 320 g/mol. The minimum atomic E-state index is -0.517. The van der Waals surface area contributed by atoms with Crippen LogP contribution >= 0.6 is 11.6 Å². The largest absolute Gasteiger partial charge is 0.484 e. The van der Waals surface area contributed by atoms with Crippen molar-refractivity contribution in [2.75, 3.05) is 11.9 Å². The Labute approximate surface area is 133 Å². The molecule has 1 N–H and O–H groups in total. The van der Waals surface area contributed by atoms with Gasteiger partial charge in [-0.1, -0.05) is 17.7 Å². The van der Waals surface area contributed by atoms with Gasteiger partial charge in [0.1, 0.15) is 11.6 Å². The Balaban J connectivity index is 1.57. The van der Waals surface area contributed by atoms with Gasteiger partial charge < -0.3 is 10.1 Å². The summed E-state index contributed by atoms with van der Waals surface area (Å²) < 4.78 is 18.3. The average Bonchev–Trinajstić information content (AvgIpc) is 2.96. The van der Waals surface area contributed by atoms with E-state index >= 15 is 0 Å². The molecule has 0 saturated carbocycles. The summed E-state index contributed by atoms with van der Waals surface area (Å²) in [6, 6.07) is 9.95. The summed E-state index contributed by atoms with van der Waals surface area (Å²) in [5.41, 5.74) is 3.42. The molecule has 0 aliphatic heterocycles. The van der Waals surface area contributed by atoms with E-state index in [-0.39, 0.29) is 17.5 Å². The van der Waals surface area contributed by atoms with Crippen LogP contribution < -0.4 is 10.1 Å². The highest BCUT2D eigenvalue weighted by molar-refractivity contribution is 6.30. The summed E-state index contributed by atoms with van der Waals surface area (Å²) in [7, 11) is 0. The van der Waals surface area contributed by atoms with Gasteiger partial charge in [-0.15, -0.1) is 0 Å². The van der Waals surface area contributed by atoms with Crippen LogP contribution in [0.3, 0.4) is 0 Å². The van der Waals surface area contributed by atoms with Crippen molar-refractivity contribution in [3.8, 4) is 5.75 Å². The van der Waals surface area contributed by atoms with Crippen molar-refractivity contribution < 1.29 is 13.9 Å². The Hall–Kier alpha value is -2.07. The smallest absolute Gasteiger partial charge is 0.262 e. The van der Waals surface area contributed by atoms with Gasteiger partial charge >= 0.3 is 0 Å². The molecule has 3 rings (SSSR count). The standard InChI is InChI=1S/C17H15ClFNO2/c18-15-9-14(6-7-16(15)19)22-10-17(21)20-13-5-4-11-2-1-3-12(11)8-13/h4-9H,1-3,10H2,(H,20,21). The molecule has 0 atom stereocenters. The van der Waals surface area contributed by atoms with Crippen LogP contribution in [0, 0.1) is 5.82 Å². The highest BCUT2D eigenvalue weighted by Crippen LogP contribution is 2.25. The van der Waals surface area contributed by atoms with Crippen LogP contribution in [0.5, 0.6) is 5.75 Å². The first-order valence-corrected chi connectivity index (χ1v) is 7.49. The first-order valence-electron chi connectivity index (χ1n) is 7.11. The summed E-state index contributed by atoms with van der Waals surface area (Å²) in [5.74, 6) is -0.425. The van der Waals surface area contributed by atoms with Gasteiger partial charge in [0.05, 0.1) is 5.02 Å². The zero-order valence-corrected chi connectivity index (χ0v) is 12.6.